The van der Waals surface area contributed by atoms with Crippen LogP contribution in [-0.4, -0.2) is 17.4 Å². The summed E-state index contributed by atoms with van der Waals surface area (Å²) in [6, 6.07) is 0. The number of hydrogen-bond acceptors (Lipinski definition) is 1. The van der Waals surface area contributed by atoms with Gasteiger partial charge in [-0.05, 0) is 43.4 Å². The van der Waals surface area contributed by atoms with Crippen molar-refractivity contribution in [3.05, 3.63) is 0 Å². The Kier molecular flexibility index (Phi) is 13.7. The van der Waals surface area contributed by atoms with Crippen LogP contribution in [0.3, 0.4) is 0 Å². The molecule has 0 aromatic rings. The first-order valence-corrected chi connectivity index (χ1v) is 10.9. The van der Waals surface area contributed by atoms with Crippen LogP contribution in [0, 0.1) is 23.7 Å². The molecule has 0 aliphatic rings. The van der Waals surface area contributed by atoms with Crippen molar-refractivity contribution in [1.29, 1.82) is 0 Å². The van der Waals surface area contributed by atoms with Gasteiger partial charge in [-0.25, -0.2) is 0 Å². The van der Waals surface area contributed by atoms with Gasteiger partial charge in [0.15, 0.2) is 0 Å². The SMILES string of the molecule is CCCCCCC(C)C(CC(C)CCC(O)C(C)CCCC)C(F)(F)F. The van der Waals surface area contributed by atoms with Crippen molar-refractivity contribution in [2.24, 2.45) is 23.7 Å². The van der Waals surface area contributed by atoms with Crippen LogP contribution >= 0.6 is 0 Å². The standard InChI is InChI=1S/C22H43F3O/c1-6-8-10-11-13-18(4)20(22(23,24)25)16-17(3)14-15-21(26)19(5)12-9-7-2/h17-21,26H,6-16H2,1-5H3. The third-order valence-electron chi connectivity index (χ3n) is 5.90. The van der Waals surface area contributed by atoms with Crippen LogP contribution in [0.4, 0.5) is 13.2 Å². The molecule has 0 saturated heterocycles. The maximum atomic E-state index is 13.5. The first-order chi connectivity index (χ1) is 12.1. The Morgan fingerprint density at radius 2 is 1.31 bits per heavy atom. The summed E-state index contributed by atoms with van der Waals surface area (Å²) >= 11 is 0. The van der Waals surface area contributed by atoms with E-state index < -0.39 is 12.1 Å². The number of unbranched alkanes of at least 4 members (excludes halogenated alkanes) is 4. The second-order valence-corrected chi connectivity index (χ2v) is 8.58. The lowest BCUT2D eigenvalue weighted by molar-refractivity contribution is -0.193. The molecule has 0 aromatic carbocycles. The highest BCUT2D eigenvalue weighted by Gasteiger charge is 2.43. The molecule has 158 valence electrons. The zero-order valence-corrected chi connectivity index (χ0v) is 17.7. The molecule has 1 N–H and O–H groups in total. The molecule has 0 aromatic heterocycles. The van der Waals surface area contributed by atoms with Crippen LogP contribution in [0.15, 0.2) is 0 Å². The quantitative estimate of drug-likeness (QED) is 0.288. The Morgan fingerprint density at radius 1 is 0.731 bits per heavy atom. The number of alkyl halides is 3. The van der Waals surface area contributed by atoms with Gasteiger partial charge in [-0.3, -0.25) is 0 Å². The molecule has 26 heavy (non-hydrogen) atoms. The molecule has 5 unspecified atom stereocenters. The van der Waals surface area contributed by atoms with Gasteiger partial charge in [0.2, 0.25) is 0 Å². The largest absolute Gasteiger partial charge is 0.393 e. The van der Waals surface area contributed by atoms with Crippen molar-refractivity contribution >= 4 is 0 Å². The van der Waals surface area contributed by atoms with Crippen LogP contribution in [0.5, 0.6) is 0 Å². The van der Waals surface area contributed by atoms with Crippen LogP contribution in [0.2, 0.25) is 0 Å². The first kappa shape index (κ1) is 25.8. The lowest BCUT2D eigenvalue weighted by Gasteiger charge is -2.29. The van der Waals surface area contributed by atoms with Gasteiger partial charge >= 0.3 is 6.18 Å². The van der Waals surface area contributed by atoms with Gasteiger partial charge in [0.05, 0.1) is 12.0 Å². The van der Waals surface area contributed by atoms with E-state index in [0.717, 1.165) is 44.9 Å². The fraction of sp³-hybridized carbons (Fsp3) is 1.00. The zero-order valence-electron chi connectivity index (χ0n) is 17.7. The molecule has 0 spiro atoms. The van der Waals surface area contributed by atoms with Gasteiger partial charge < -0.3 is 5.11 Å². The van der Waals surface area contributed by atoms with Crippen LogP contribution < -0.4 is 0 Å². The third kappa shape index (κ3) is 11.5. The molecule has 0 aliphatic carbocycles. The Labute approximate surface area is 160 Å². The van der Waals surface area contributed by atoms with E-state index in [2.05, 4.69) is 13.8 Å². The van der Waals surface area contributed by atoms with Crippen molar-refractivity contribution in [1.82, 2.24) is 0 Å². The molecular formula is C22H43F3O. The lowest BCUT2D eigenvalue weighted by Crippen LogP contribution is -2.31. The number of aliphatic hydroxyl groups is 1. The van der Waals surface area contributed by atoms with Gasteiger partial charge in [-0.2, -0.15) is 13.2 Å². The predicted molar refractivity (Wildman–Crippen MR) is 105 cm³/mol. The summed E-state index contributed by atoms with van der Waals surface area (Å²) in [5.41, 5.74) is 0. The van der Waals surface area contributed by atoms with Gasteiger partial charge in [0.1, 0.15) is 0 Å². The van der Waals surface area contributed by atoms with Crippen molar-refractivity contribution < 1.29 is 18.3 Å². The maximum Gasteiger partial charge on any atom is 0.392 e. The summed E-state index contributed by atoms with van der Waals surface area (Å²) in [4.78, 5) is 0. The van der Waals surface area contributed by atoms with E-state index in [0.29, 0.717) is 19.3 Å². The number of aliphatic hydroxyl groups excluding tert-OH is 1. The summed E-state index contributed by atoms with van der Waals surface area (Å²) in [7, 11) is 0. The van der Waals surface area contributed by atoms with Gasteiger partial charge in [0, 0.05) is 0 Å². The smallest absolute Gasteiger partial charge is 0.392 e. The van der Waals surface area contributed by atoms with Crippen molar-refractivity contribution in [3.8, 4) is 0 Å². The molecular weight excluding hydrogens is 337 g/mol. The second-order valence-electron chi connectivity index (χ2n) is 8.58. The topological polar surface area (TPSA) is 20.2 Å². The van der Waals surface area contributed by atoms with Gasteiger partial charge in [0.25, 0.3) is 0 Å². The minimum Gasteiger partial charge on any atom is -0.393 e. The van der Waals surface area contributed by atoms with E-state index in [1.165, 1.54) is 0 Å². The molecule has 0 heterocycles. The average Bonchev–Trinajstić information content (AvgIpc) is 2.57. The highest BCUT2D eigenvalue weighted by atomic mass is 19.4. The predicted octanol–water partition coefficient (Wildman–Crippen LogP) is 7.77. The zero-order chi connectivity index (χ0) is 20.2. The molecule has 5 atom stereocenters. The van der Waals surface area contributed by atoms with E-state index in [4.69, 9.17) is 0 Å². The van der Waals surface area contributed by atoms with Crippen LogP contribution in [0.25, 0.3) is 0 Å². The molecule has 0 radical (unpaired) electrons. The maximum absolute atomic E-state index is 13.5. The minimum atomic E-state index is -4.12. The Morgan fingerprint density at radius 3 is 1.85 bits per heavy atom. The molecule has 1 nitrogen and oxygen atoms in total. The fourth-order valence-electron chi connectivity index (χ4n) is 3.79. The molecule has 0 amide bonds. The molecule has 0 saturated carbocycles. The minimum absolute atomic E-state index is 0.00672. The van der Waals surface area contributed by atoms with Crippen molar-refractivity contribution in [2.75, 3.05) is 0 Å². The summed E-state index contributed by atoms with van der Waals surface area (Å²) in [5, 5.41) is 10.2. The lowest BCUT2D eigenvalue weighted by atomic mass is 9.80. The fourth-order valence-corrected chi connectivity index (χ4v) is 3.79. The third-order valence-corrected chi connectivity index (χ3v) is 5.90. The summed E-state index contributed by atoms with van der Waals surface area (Å²) in [6.07, 6.45) is 4.96. The number of hydrogen-bond donors (Lipinski definition) is 1. The molecule has 0 fully saturated rings. The summed E-state index contributed by atoms with van der Waals surface area (Å²) in [6.45, 7) is 9.95. The van der Waals surface area contributed by atoms with Gasteiger partial charge in [-0.15, -0.1) is 0 Å². The highest BCUT2D eigenvalue weighted by molar-refractivity contribution is 4.77. The van der Waals surface area contributed by atoms with Crippen molar-refractivity contribution in [2.45, 2.75) is 118 Å². The molecule has 4 heteroatoms. The molecule has 0 bridgehead atoms. The average molecular weight is 381 g/mol. The van der Waals surface area contributed by atoms with E-state index in [-0.39, 0.29) is 30.3 Å². The van der Waals surface area contributed by atoms with E-state index in [9.17, 15) is 18.3 Å². The second kappa shape index (κ2) is 13.8. The number of halogens is 3. The Balaban J connectivity index is 4.44. The first-order valence-electron chi connectivity index (χ1n) is 10.9. The van der Waals surface area contributed by atoms with E-state index in [1.807, 2.05) is 13.8 Å². The summed E-state index contributed by atoms with van der Waals surface area (Å²) < 4.78 is 40.6. The monoisotopic (exact) mass is 380 g/mol. The van der Waals surface area contributed by atoms with Crippen molar-refractivity contribution in [3.63, 3.8) is 0 Å². The van der Waals surface area contributed by atoms with Gasteiger partial charge in [-0.1, -0.05) is 79.6 Å². The highest BCUT2D eigenvalue weighted by Crippen LogP contribution is 2.39. The Bertz CT molecular complexity index is 330. The normalized spacial score (nSPS) is 18.3. The molecule has 0 aliphatic heterocycles. The van der Waals surface area contributed by atoms with E-state index >= 15 is 0 Å². The van der Waals surface area contributed by atoms with Crippen LogP contribution in [0.1, 0.15) is 105 Å². The Hall–Kier alpha value is -0.250. The summed E-state index contributed by atoms with van der Waals surface area (Å²) in [5.74, 6) is -1.30. The van der Waals surface area contributed by atoms with Crippen LogP contribution in [-0.2, 0) is 0 Å². The van der Waals surface area contributed by atoms with E-state index in [1.54, 1.807) is 6.92 Å². The number of rotatable bonds is 15. The molecule has 0 rings (SSSR count).